The molecule has 126 valence electrons. The molecule has 4 rings (SSSR count). The highest BCUT2D eigenvalue weighted by molar-refractivity contribution is 6.07. The topological polar surface area (TPSA) is 57.1 Å². The molecular formula is C19H14FNO4. The fourth-order valence-corrected chi connectivity index (χ4v) is 2.66. The Morgan fingerprint density at radius 3 is 2.80 bits per heavy atom. The molecular weight excluding hydrogens is 325 g/mol. The van der Waals surface area contributed by atoms with Crippen molar-refractivity contribution < 1.29 is 23.4 Å². The van der Waals surface area contributed by atoms with Crippen molar-refractivity contribution in [1.82, 2.24) is 0 Å². The molecule has 0 aromatic heterocycles. The minimum atomic E-state index is -0.513. The van der Waals surface area contributed by atoms with Gasteiger partial charge in [-0.05, 0) is 41.8 Å². The smallest absolute Gasteiger partial charge is 0.363 e. The zero-order valence-corrected chi connectivity index (χ0v) is 13.2. The van der Waals surface area contributed by atoms with Gasteiger partial charge in [0.15, 0.2) is 23.1 Å². The van der Waals surface area contributed by atoms with E-state index in [1.807, 2.05) is 0 Å². The highest BCUT2D eigenvalue weighted by atomic mass is 19.1. The predicted molar refractivity (Wildman–Crippen MR) is 88.8 cm³/mol. The number of nitrogens with zero attached hydrogens (tertiary/aromatic N) is 1. The lowest BCUT2D eigenvalue weighted by Crippen LogP contribution is -2.05. The van der Waals surface area contributed by atoms with Gasteiger partial charge < -0.3 is 14.2 Å². The second-order valence-corrected chi connectivity index (χ2v) is 5.63. The third kappa shape index (κ3) is 3.24. The summed E-state index contributed by atoms with van der Waals surface area (Å²) in [7, 11) is 0. The van der Waals surface area contributed by atoms with E-state index in [0.29, 0.717) is 35.8 Å². The standard InChI is InChI=1S/C19H14FNO4/c20-14-4-2-1-3-13(14)6-8-18-21-15(19(22)25-18)9-12-5-7-16-17(10-12)24-11-23-16/h1-5,7,9-10H,6,8,11H2/b15-9+. The highest BCUT2D eigenvalue weighted by Crippen LogP contribution is 2.33. The van der Waals surface area contributed by atoms with E-state index < -0.39 is 5.97 Å². The van der Waals surface area contributed by atoms with E-state index in [9.17, 15) is 9.18 Å². The number of halogens is 1. The second-order valence-electron chi connectivity index (χ2n) is 5.63. The Morgan fingerprint density at radius 1 is 1.08 bits per heavy atom. The number of ether oxygens (including phenoxy) is 3. The van der Waals surface area contributed by atoms with Crippen LogP contribution in [0.5, 0.6) is 11.5 Å². The summed E-state index contributed by atoms with van der Waals surface area (Å²) in [5, 5.41) is 0. The molecule has 6 heteroatoms. The molecule has 0 fully saturated rings. The number of rotatable bonds is 4. The molecule has 5 nitrogen and oxygen atoms in total. The average molecular weight is 339 g/mol. The Labute approximate surface area is 143 Å². The molecule has 2 aromatic carbocycles. The van der Waals surface area contributed by atoms with Crippen molar-refractivity contribution in [2.24, 2.45) is 4.99 Å². The number of fused-ring (bicyclic) bond motifs is 1. The van der Waals surface area contributed by atoms with Crippen LogP contribution in [0.1, 0.15) is 17.5 Å². The van der Waals surface area contributed by atoms with Crippen LogP contribution in [0.3, 0.4) is 0 Å². The van der Waals surface area contributed by atoms with Crippen LogP contribution in [0.2, 0.25) is 0 Å². The van der Waals surface area contributed by atoms with E-state index in [4.69, 9.17) is 14.2 Å². The zero-order chi connectivity index (χ0) is 17.2. The molecule has 0 atom stereocenters. The Morgan fingerprint density at radius 2 is 1.92 bits per heavy atom. The van der Waals surface area contributed by atoms with E-state index in [-0.39, 0.29) is 18.3 Å². The van der Waals surface area contributed by atoms with Crippen molar-refractivity contribution in [3.8, 4) is 11.5 Å². The first-order chi connectivity index (χ1) is 12.2. The fourth-order valence-electron chi connectivity index (χ4n) is 2.66. The lowest BCUT2D eigenvalue weighted by Gasteiger charge is -2.01. The van der Waals surface area contributed by atoms with Crippen LogP contribution in [0.4, 0.5) is 4.39 Å². The second kappa shape index (κ2) is 6.39. The quantitative estimate of drug-likeness (QED) is 0.632. The summed E-state index contributed by atoms with van der Waals surface area (Å²) in [6, 6.07) is 11.9. The molecule has 0 radical (unpaired) electrons. The zero-order valence-electron chi connectivity index (χ0n) is 13.2. The van der Waals surface area contributed by atoms with Crippen molar-refractivity contribution in [3.05, 3.63) is 65.1 Å². The molecule has 0 N–H and O–H groups in total. The van der Waals surface area contributed by atoms with E-state index >= 15 is 0 Å². The lowest BCUT2D eigenvalue weighted by atomic mass is 10.1. The Hall–Kier alpha value is -3.15. The summed E-state index contributed by atoms with van der Waals surface area (Å²) in [4.78, 5) is 16.2. The van der Waals surface area contributed by atoms with Gasteiger partial charge in [-0.2, -0.15) is 0 Å². The molecule has 0 saturated heterocycles. The van der Waals surface area contributed by atoms with Gasteiger partial charge in [0.05, 0.1) is 0 Å². The molecule has 25 heavy (non-hydrogen) atoms. The number of esters is 1. The molecule has 0 bridgehead atoms. The molecule has 2 aliphatic heterocycles. The van der Waals surface area contributed by atoms with E-state index in [1.165, 1.54) is 6.07 Å². The van der Waals surface area contributed by atoms with Crippen LogP contribution in [-0.2, 0) is 16.0 Å². The van der Waals surface area contributed by atoms with Crippen LogP contribution in [0.25, 0.3) is 6.08 Å². The van der Waals surface area contributed by atoms with E-state index in [2.05, 4.69) is 4.99 Å². The lowest BCUT2D eigenvalue weighted by molar-refractivity contribution is -0.130. The Kier molecular flexibility index (Phi) is 3.93. The first-order valence-corrected chi connectivity index (χ1v) is 7.83. The van der Waals surface area contributed by atoms with Crippen molar-refractivity contribution in [2.75, 3.05) is 6.79 Å². The molecule has 0 amide bonds. The highest BCUT2D eigenvalue weighted by Gasteiger charge is 2.23. The SMILES string of the molecule is O=C1OC(CCc2ccccc2F)=N/C1=C/c1ccc2c(c1)OCO2. The Bertz CT molecular complexity index is 904. The van der Waals surface area contributed by atoms with Crippen molar-refractivity contribution >= 4 is 17.9 Å². The summed E-state index contributed by atoms with van der Waals surface area (Å²) in [6.07, 6.45) is 2.39. The third-order valence-corrected chi connectivity index (χ3v) is 3.93. The van der Waals surface area contributed by atoms with Crippen LogP contribution in [-0.4, -0.2) is 18.7 Å². The summed E-state index contributed by atoms with van der Waals surface area (Å²) in [5.41, 5.74) is 1.53. The van der Waals surface area contributed by atoms with Gasteiger partial charge in [0.1, 0.15) is 5.82 Å². The molecule has 2 aromatic rings. The van der Waals surface area contributed by atoms with Crippen LogP contribution in [0, 0.1) is 5.82 Å². The number of carbonyl (C=O) groups excluding carboxylic acids is 1. The van der Waals surface area contributed by atoms with E-state index in [0.717, 1.165) is 5.56 Å². The number of cyclic esters (lactones) is 1. The normalized spacial score (nSPS) is 16.9. The van der Waals surface area contributed by atoms with Gasteiger partial charge in [-0.25, -0.2) is 14.2 Å². The predicted octanol–water partition coefficient (Wildman–Crippen LogP) is 3.48. The number of aliphatic imine (C=N–C) groups is 1. The van der Waals surface area contributed by atoms with Gasteiger partial charge in [0.25, 0.3) is 0 Å². The number of hydrogen-bond acceptors (Lipinski definition) is 5. The van der Waals surface area contributed by atoms with Gasteiger partial charge in [-0.15, -0.1) is 0 Å². The van der Waals surface area contributed by atoms with Gasteiger partial charge in [-0.1, -0.05) is 24.3 Å². The minimum Gasteiger partial charge on any atom is -0.454 e. The maximum Gasteiger partial charge on any atom is 0.363 e. The fraction of sp³-hybridized carbons (Fsp3) is 0.158. The summed E-state index contributed by atoms with van der Waals surface area (Å²) in [6.45, 7) is 0.190. The summed E-state index contributed by atoms with van der Waals surface area (Å²) < 4.78 is 29.4. The molecule has 0 unspecified atom stereocenters. The summed E-state index contributed by atoms with van der Waals surface area (Å²) in [5.74, 6) is 0.805. The molecule has 0 aliphatic carbocycles. The van der Waals surface area contributed by atoms with E-state index in [1.54, 1.807) is 42.5 Å². The Balaban J connectivity index is 1.49. The van der Waals surface area contributed by atoms with Crippen molar-refractivity contribution in [2.45, 2.75) is 12.8 Å². The average Bonchev–Trinajstić information content (AvgIpc) is 3.21. The van der Waals surface area contributed by atoms with Gasteiger partial charge >= 0.3 is 5.97 Å². The monoisotopic (exact) mass is 339 g/mol. The molecule has 2 heterocycles. The largest absolute Gasteiger partial charge is 0.454 e. The summed E-state index contributed by atoms with van der Waals surface area (Å²) >= 11 is 0. The minimum absolute atomic E-state index is 0.190. The number of hydrogen-bond donors (Lipinski definition) is 0. The number of benzene rings is 2. The maximum absolute atomic E-state index is 13.6. The van der Waals surface area contributed by atoms with Crippen LogP contribution >= 0.6 is 0 Å². The third-order valence-electron chi connectivity index (χ3n) is 3.93. The van der Waals surface area contributed by atoms with Crippen molar-refractivity contribution in [1.29, 1.82) is 0 Å². The van der Waals surface area contributed by atoms with Crippen LogP contribution < -0.4 is 9.47 Å². The number of carbonyl (C=O) groups is 1. The first-order valence-electron chi connectivity index (χ1n) is 7.83. The molecule has 0 saturated carbocycles. The number of aryl methyl sites for hydroxylation is 1. The van der Waals surface area contributed by atoms with Gasteiger partial charge in [-0.3, -0.25) is 0 Å². The molecule has 2 aliphatic rings. The van der Waals surface area contributed by atoms with Crippen LogP contribution in [0.15, 0.2) is 53.2 Å². The maximum atomic E-state index is 13.6. The van der Waals surface area contributed by atoms with Gasteiger partial charge in [0, 0.05) is 6.42 Å². The van der Waals surface area contributed by atoms with Gasteiger partial charge in [0.2, 0.25) is 6.79 Å². The van der Waals surface area contributed by atoms with Crippen molar-refractivity contribution in [3.63, 3.8) is 0 Å². The molecule has 0 spiro atoms. The first kappa shape index (κ1) is 15.4.